The normalized spacial score (nSPS) is 43.8. The highest BCUT2D eigenvalue weighted by Crippen LogP contribution is 2.61. The van der Waals surface area contributed by atoms with Crippen molar-refractivity contribution in [1.82, 2.24) is 0 Å². The summed E-state index contributed by atoms with van der Waals surface area (Å²) in [6.07, 6.45) is 5.27. The summed E-state index contributed by atoms with van der Waals surface area (Å²) in [6.45, 7) is 5.21. The van der Waals surface area contributed by atoms with E-state index in [-0.39, 0.29) is 0 Å². The van der Waals surface area contributed by atoms with E-state index in [0.717, 1.165) is 24.2 Å². The average molecular weight is 168 g/mol. The second kappa shape index (κ2) is 2.73. The van der Waals surface area contributed by atoms with E-state index in [2.05, 4.69) is 13.8 Å². The molecule has 0 aromatic heterocycles. The van der Waals surface area contributed by atoms with Gasteiger partial charge in [0.2, 0.25) is 0 Å². The molecule has 0 heterocycles. The first-order valence-electron chi connectivity index (χ1n) is 5.27. The third-order valence-electron chi connectivity index (χ3n) is 4.50. The zero-order valence-electron chi connectivity index (χ0n) is 8.21. The van der Waals surface area contributed by atoms with E-state index in [1.807, 2.05) is 0 Å². The molecule has 1 nitrogen and oxygen atoms in total. The molecule has 3 aliphatic rings. The van der Waals surface area contributed by atoms with Crippen LogP contribution in [0.3, 0.4) is 0 Å². The number of fused-ring (bicyclic) bond motifs is 2. The first-order valence-corrected chi connectivity index (χ1v) is 5.27. The zero-order valence-corrected chi connectivity index (χ0v) is 8.21. The van der Waals surface area contributed by atoms with Crippen LogP contribution in [0.4, 0.5) is 0 Å². The zero-order chi connectivity index (χ0) is 8.77. The molecule has 70 valence electrons. The second-order valence-electron chi connectivity index (χ2n) is 5.21. The summed E-state index contributed by atoms with van der Waals surface area (Å²) >= 11 is 0. The monoisotopic (exact) mass is 168 g/mol. The number of aliphatic hydroxyl groups is 1. The molecule has 0 amide bonds. The molecule has 3 atom stereocenters. The van der Waals surface area contributed by atoms with Crippen molar-refractivity contribution in [3.8, 4) is 0 Å². The predicted octanol–water partition coefficient (Wildman–Crippen LogP) is 2.44. The van der Waals surface area contributed by atoms with Gasteiger partial charge in [-0.15, -0.1) is 0 Å². The Kier molecular flexibility index (Phi) is 1.95. The van der Waals surface area contributed by atoms with Gasteiger partial charge in [0.15, 0.2) is 0 Å². The number of aliphatic hydroxyl groups excluding tert-OH is 1. The summed E-state index contributed by atoms with van der Waals surface area (Å²) in [5, 5.41) is 8.92. The van der Waals surface area contributed by atoms with Crippen LogP contribution in [-0.2, 0) is 0 Å². The maximum absolute atomic E-state index is 8.92. The van der Waals surface area contributed by atoms with Crippen molar-refractivity contribution in [2.24, 2.45) is 23.2 Å². The summed E-state index contributed by atoms with van der Waals surface area (Å²) in [5.41, 5.74) is 0.595. The van der Waals surface area contributed by atoms with Gasteiger partial charge in [0, 0.05) is 6.61 Å². The van der Waals surface area contributed by atoms with Gasteiger partial charge in [-0.05, 0) is 48.9 Å². The molecule has 12 heavy (non-hydrogen) atoms. The van der Waals surface area contributed by atoms with Gasteiger partial charge in [-0.3, -0.25) is 0 Å². The lowest BCUT2D eigenvalue weighted by molar-refractivity contribution is -0.109. The molecular weight excluding hydrogens is 148 g/mol. The van der Waals surface area contributed by atoms with E-state index in [0.29, 0.717) is 12.0 Å². The quantitative estimate of drug-likeness (QED) is 0.671. The van der Waals surface area contributed by atoms with E-state index in [4.69, 9.17) is 5.11 Å². The molecule has 0 aliphatic heterocycles. The van der Waals surface area contributed by atoms with E-state index in [9.17, 15) is 0 Å². The smallest absolute Gasteiger partial charge is 0.0433 e. The third kappa shape index (κ3) is 1.02. The van der Waals surface area contributed by atoms with Crippen LogP contribution in [0.1, 0.15) is 39.5 Å². The number of hydrogen-bond donors (Lipinski definition) is 1. The fourth-order valence-corrected chi connectivity index (χ4v) is 3.47. The number of hydrogen-bond acceptors (Lipinski definition) is 1. The summed E-state index contributed by atoms with van der Waals surface area (Å²) < 4.78 is 0. The van der Waals surface area contributed by atoms with E-state index >= 15 is 0 Å². The molecule has 0 unspecified atom stereocenters. The van der Waals surface area contributed by atoms with Crippen LogP contribution < -0.4 is 0 Å². The molecule has 0 spiro atoms. The van der Waals surface area contributed by atoms with Crippen molar-refractivity contribution >= 4 is 0 Å². The molecule has 0 aromatic carbocycles. The largest absolute Gasteiger partial charge is 0.396 e. The van der Waals surface area contributed by atoms with E-state index in [1.165, 1.54) is 19.3 Å². The first kappa shape index (κ1) is 8.55. The standard InChI is InChI=1S/C11H20O/c1-11(2)9-4-3-8(5-6-12)10(11)7-9/h8-10,12H,3-7H2,1-2H3/t8-,9+,10-/m0/s1. The van der Waals surface area contributed by atoms with Crippen molar-refractivity contribution in [2.75, 3.05) is 6.61 Å². The SMILES string of the molecule is CC1(C)[C@@H]2CC[C@@H](CCO)[C@@H]1C2. The van der Waals surface area contributed by atoms with Gasteiger partial charge in [0.1, 0.15) is 0 Å². The van der Waals surface area contributed by atoms with Gasteiger partial charge in [-0.2, -0.15) is 0 Å². The topological polar surface area (TPSA) is 20.2 Å². The Labute approximate surface area is 75.2 Å². The Hall–Kier alpha value is -0.0400. The molecule has 1 heteroatoms. The van der Waals surface area contributed by atoms with Crippen LogP contribution >= 0.6 is 0 Å². The lowest BCUT2D eigenvalue weighted by Gasteiger charge is -2.60. The van der Waals surface area contributed by atoms with Gasteiger partial charge in [0.25, 0.3) is 0 Å². The summed E-state index contributed by atoms with van der Waals surface area (Å²) in [6, 6.07) is 0. The van der Waals surface area contributed by atoms with Crippen molar-refractivity contribution in [2.45, 2.75) is 39.5 Å². The van der Waals surface area contributed by atoms with Gasteiger partial charge in [-0.25, -0.2) is 0 Å². The number of rotatable bonds is 2. The third-order valence-corrected chi connectivity index (χ3v) is 4.50. The van der Waals surface area contributed by atoms with Crippen molar-refractivity contribution in [1.29, 1.82) is 0 Å². The van der Waals surface area contributed by atoms with E-state index in [1.54, 1.807) is 0 Å². The van der Waals surface area contributed by atoms with Crippen LogP contribution in [0.2, 0.25) is 0 Å². The molecular formula is C11H20O. The average Bonchev–Trinajstić information content (AvgIpc) is 2.05. The Morgan fingerprint density at radius 2 is 2.08 bits per heavy atom. The van der Waals surface area contributed by atoms with Crippen LogP contribution in [0.15, 0.2) is 0 Å². The second-order valence-corrected chi connectivity index (χ2v) is 5.21. The van der Waals surface area contributed by atoms with Crippen LogP contribution in [0, 0.1) is 23.2 Å². The fourth-order valence-electron chi connectivity index (χ4n) is 3.47. The first-order chi connectivity index (χ1) is 5.66. The van der Waals surface area contributed by atoms with Crippen molar-refractivity contribution < 1.29 is 5.11 Å². The summed E-state index contributed by atoms with van der Waals surface area (Å²) in [4.78, 5) is 0. The molecule has 1 N–H and O–H groups in total. The van der Waals surface area contributed by atoms with Crippen molar-refractivity contribution in [3.05, 3.63) is 0 Å². The molecule has 0 aromatic rings. The Morgan fingerprint density at radius 3 is 2.58 bits per heavy atom. The predicted molar refractivity (Wildman–Crippen MR) is 49.8 cm³/mol. The van der Waals surface area contributed by atoms with Crippen LogP contribution in [0.5, 0.6) is 0 Å². The Bertz CT molecular complexity index is 170. The molecule has 2 bridgehead atoms. The van der Waals surface area contributed by atoms with Gasteiger partial charge < -0.3 is 5.11 Å². The molecule has 3 rings (SSSR count). The molecule has 3 saturated carbocycles. The minimum atomic E-state index is 0.391. The van der Waals surface area contributed by atoms with Gasteiger partial charge in [-0.1, -0.05) is 13.8 Å². The van der Waals surface area contributed by atoms with Gasteiger partial charge >= 0.3 is 0 Å². The highest BCUT2D eigenvalue weighted by Gasteiger charge is 2.53. The minimum absolute atomic E-state index is 0.391. The summed E-state index contributed by atoms with van der Waals surface area (Å²) in [7, 11) is 0. The maximum Gasteiger partial charge on any atom is 0.0433 e. The lowest BCUT2D eigenvalue weighted by Crippen LogP contribution is -2.52. The maximum atomic E-state index is 8.92. The van der Waals surface area contributed by atoms with Crippen molar-refractivity contribution in [3.63, 3.8) is 0 Å². The van der Waals surface area contributed by atoms with Gasteiger partial charge in [0.05, 0.1) is 0 Å². The summed E-state index contributed by atoms with van der Waals surface area (Å²) in [5.74, 6) is 2.75. The highest BCUT2D eigenvalue weighted by atomic mass is 16.3. The molecule has 3 fully saturated rings. The Balaban J connectivity index is 2.01. The molecule has 3 aliphatic carbocycles. The molecule has 0 saturated heterocycles. The highest BCUT2D eigenvalue weighted by molar-refractivity contribution is 5.02. The van der Waals surface area contributed by atoms with Crippen LogP contribution in [0.25, 0.3) is 0 Å². The Morgan fingerprint density at radius 1 is 1.33 bits per heavy atom. The molecule has 0 radical (unpaired) electrons. The van der Waals surface area contributed by atoms with E-state index < -0.39 is 0 Å². The lowest BCUT2D eigenvalue weighted by atomic mass is 9.45. The fraction of sp³-hybridized carbons (Fsp3) is 1.00. The minimum Gasteiger partial charge on any atom is -0.396 e. The van der Waals surface area contributed by atoms with Crippen LogP contribution in [-0.4, -0.2) is 11.7 Å².